The Labute approximate surface area is 169 Å². The van der Waals surface area contributed by atoms with Crippen LogP contribution < -0.4 is 4.90 Å². The van der Waals surface area contributed by atoms with E-state index >= 15 is 0 Å². The molecule has 0 unspecified atom stereocenters. The molecule has 0 aliphatic carbocycles. The summed E-state index contributed by atoms with van der Waals surface area (Å²) in [4.78, 5) is 30.4. The van der Waals surface area contributed by atoms with Crippen LogP contribution in [0.1, 0.15) is 33.6 Å². The molecule has 6 nitrogen and oxygen atoms in total. The number of hydrogen-bond acceptors (Lipinski definition) is 3. The number of amides is 3. The molecule has 2 heterocycles. The molecule has 148 valence electrons. The maximum atomic E-state index is 12.8. The van der Waals surface area contributed by atoms with Gasteiger partial charge in [-0.05, 0) is 57.7 Å². The van der Waals surface area contributed by atoms with Crippen molar-refractivity contribution in [1.29, 1.82) is 0 Å². The molecular weight excluding hydrogens is 410 g/mol. The molecule has 0 aromatic heterocycles. The van der Waals surface area contributed by atoms with Crippen molar-refractivity contribution in [2.75, 3.05) is 37.6 Å². The summed E-state index contributed by atoms with van der Waals surface area (Å²) in [5.74, 6) is 0.437. The van der Waals surface area contributed by atoms with Gasteiger partial charge in [0, 0.05) is 42.9 Å². The molecule has 7 heteroatoms. The fourth-order valence-electron chi connectivity index (χ4n) is 3.44. The van der Waals surface area contributed by atoms with Crippen LogP contribution in [0.4, 0.5) is 15.3 Å². The number of likely N-dealkylation sites (tertiary alicyclic amines) is 1. The Bertz CT molecular complexity index is 698. The maximum absolute atomic E-state index is 12.8. The predicted octanol–water partition coefficient (Wildman–Crippen LogP) is 4.34. The molecule has 2 fully saturated rings. The number of halogens is 1. The standard InChI is InChI=1S/C20H28BrN3O3/c1-20(2,3)27-19(26)23-13-15(14-23)8-11-22-9-5-10-24(18(22)25)17-7-4-6-16(21)12-17/h4,6-7,12,15H,5,8-11,13-14H2,1-3H3. The number of urea groups is 1. The molecule has 1 aromatic carbocycles. The van der Waals surface area contributed by atoms with Crippen LogP contribution in [0.2, 0.25) is 0 Å². The van der Waals surface area contributed by atoms with E-state index in [1.54, 1.807) is 4.90 Å². The summed E-state index contributed by atoms with van der Waals surface area (Å²) >= 11 is 3.47. The first-order valence-electron chi connectivity index (χ1n) is 9.53. The Hall–Kier alpha value is -1.76. The molecule has 3 rings (SSSR count). The van der Waals surface area contributed by atoms with E-state index in [1.165, 1.54) is 0 Å². The zero-order valence-electron chi connectivity index (χ0n) is 16.3. The number of hydrogen-bond donors (Lipinski definition) is 0. The second kappa shape index (κ2) is 8.09. The van der Waals surface area contributed by atoms with E-state index in [4.69, 9.17) is 4.74 Å². The highest BCUT2D eigenvalue weighted by atomic mass is 79.9. The van der Waals surface area contributed by atoms with Crippen molar-refractivity contribution in [3.05, 3.63) is 28.7 Å². The van der Waals surface area contributed by atoms with E-state index < -0.39 is 5.60 Å². The van der Waals surface area contributed by atoms with E-state index in [1.807, 2.05) is 54.8 Å². The van der Waals surface area contributed by atoms with E-state index in [9.17, 15) is 9.59 Å². The zero-order valence-corrected chi connectivity index (χ0v) is 17.9. The summed E-state index contributed by atoms with van der Waals surface area (Å²) in [6.07, 6.45) is 1.64. The van der Waals surface area contributed by atoms with Gasteiger partial charge in [-0.3, -0.25) is 4.90 Å². The Morgan fingerprint density at radius 2 is 2.00 bits per heavy atom. The molecule has 27 heavy (non-hydrogen) atoms. The SMILES string of the molecule is CC(C)(C)OC(=O)N1CC(CCN2CCCN(c3cccc(Br)c3)C2=O)C1. The monoisotopic (exact) mass is 437 g/mol. The molecule has 0 spiro atoms. The first-order valence-corrected chi connectivity index (χ1v) is 10.3. The van der Waals surface area contributed by atoms with Crippen LogP contribution in [0.25, 0.3) is 0 Å². The maximum Gasteiger partial charge on any atom is 0.410 e. The lowest BCUT2D eigenvalue weighted by Crippen LogP contribution is -2.54. The van der Waals surface area contributed by atoms with Gasteiger partial charge in [-0.15, -0.1) is 0 Å². The Morgan fingerprint density at radius 1 is 1.26 bits per heavy atom. The average molecular weight is 438 g/mol. The van der Waals surface area contributed by atoms with Crippen molar-refractivity contribution in [2.45, 2.75) is 39.2 Å². The Kier molecular flexibility index (Phi) is 5.99. The Balaban J connectivity index is 1.46. The number of rotatable bonds is 4. The van der Waals surface area contributed by atoms with Gasteiger partial charge in [0.25, 0.3) is 0 Å². The molecular formula is C20H28BrN3O3. The van der Waals surface area contributed by atoms with E-state index in [-0.39, 0.29) is 12.1 Å². The van der Waals surface area contributed by atoms with Crippen LogP contribution in [-0.2, 0) is 4.74 Å². The van der Waals surface area contributed by atoms with Gasteiger partial charge < -0.3 is 14.5 Å². The first kappa shape index (κ1) is 20.0. The molecule has 2 aliphatic rings. The minimum absolute atomic E-state index is 0.0719. The molecule has 0 saturated carbocycles. The highest BCUT2D eigenvalue weighted by Gasteiger charge is 2.34. The third kappa shape index (κ3) is 5.15. The first-order chi connectivity index (χ1) is 12.7. The van der Waals surface area contributed by atoms with Gasteiger partial charge in [0.15, 0.2) is 0 Å². The Morgan fingerprint density at radius 3 is 2.67 bits per heavy atom. The van der Waals surface area contributed by atoms with Gasteiger partial charge in [-0.1, -0.05) is 22.0 Å². The number of anilines is 1. The molecule has 3 amide bonds. The summed E-state index contributed by atoms with van der Waals surface area (Å²) in [6, 6.07) is 7.93. The highest BCUT2D eigenvalue weighted by Crippen LogP contribution is 2.26. The summed E-state index contributed by atoms with van der Waals surface area (Å²) in [7, 11) is 0. The molecule has 1 aromatic rings. The molecule has 0 N–H and O–H groups in total. The minimum Gasteiger partial charge on any atom is -0.444 e. The van der Waals surface area contributed by atoms with Crippen LogP contribution in [0.3, 0.4) is 0 Å². The van der Waals surface area contributed by atoms with Gasteiger partial charge in [-0.2, -0.15) is 0 Å². The molecule has 0 bridgehead atoms. The van der Waals surface area contributed by atoms with Crippen molar-refractivity contribution >= 4 is 33.7 Å². The van der Waals surface area contributed by atoms with Crippen molar-refractivity contribution in [1.82, 2.24) is 9.80 Å². The summed E-state index contributed by atoms with van der Waals surface area (Å²) in [5.41, 5.74) is 0.469. The zero-order chi connectivity index (χ0) is 19.6. The largest absolute Gasteiger partial charge is 0.444 e. The second-order valence-corrected chi connectivity index (χ2v) is 9.21. The highest BCUT2D eigenvalue weighted by molar-refractivity contribution is 9.10. The van der Waals surface area contributed by atoms with Crippen molar-refractivity contribution in [2.24, 2.45) is 5.92 Å². The van der Waals surface area contributed by atoms with Crippen molar-refractivity contribution < 1.29 is 14.3 Å². The number of benzene rings is 1. The van der Waals surface area contributed by atoms with Gasteiger partial charge in [0.2, 0.25) is 0 Å². The van der Waals surface area contributed by atoms with Crippen LogP contribution in [0, 0.1) is 5.92 Å². The smallest absolute Gasteiger partial charge is 0.410 e. The van der Waals surface area contributed by atoms with Crippen LogP contribution >= 0.6 is 15.9 Å². The minimum atomic E-state index is -0.460. The summed E-state index contributed by atoms with van der Waals surface area (Å²) in [5, 5.41) is 0. The number of ether oxygens (including phenoxy) is 1. The summed E-state index contributed by atoms with van der Waals surface area (Å²) in [6.45, 7) is 9.34. The van der Waals surface area contributed by atoms with Gasteiger partial charge in [0.1, 0.15) is 5.60 Å². The van der Waals surface area contributed by atoms with E-state index in [0.29, 0.717) is 19.0 Å². The number of nitrogens with zero attached hydrogens (tertiary/aromatic N) is 3. The van der Waals surface area contributed by atoms with E-state index in [0.717, 1.165) is 42.6 Å². The molecule has 0 atom stereocenters. The fourth-order valence-corrected chi connectivity index (χ4v) is 3.83. The topological polar surface area (TPSA) is 53.1 Å². The van der Waals surface area contributed by atoms with Crippen molar-refractivity contribution in [3.63, 3.8) is 0 Å². The quantitative estimate of drug-likeness (QED) is 0.703. The lowest BCUT2D eigenvalue weighted by atomic mass is 9.96. The molecule has 2 aliphatic heterocycles. The number of carbonyl (C=O) groups is 2. The molecule has 2 saturated heterocycles. The number of carbonyl (C=O) groups excluding carboxylic acids is 2. The lowest BCUT2D eigenvalue weighted by Gasteiger charge is -2.41. The third-order valence-corrected chi connectivity index (χ3v) is 5.34. The fraction of sp³-hybridized carbons (Fsp3) is 0.600. The average Bonchev–Trinajstić information content (AvgIpc) is 2.53. The second-order valence-electron chi connectivity index (χ2n) is 8.29. The lowest BCUT2D eigenvalue weighted by molar-refractivity contribution is -0.00305. The van der Waals surface area contributed by atoms with Crippen LogP contribution in [0.5, 0.6) is 0 Å². The normalized spacial score (nSPS) is 18.5. The predicted molar refractivity (Wildman–Crippen MR) is 109 cm³/mol. The van der Waals surface area contributed by atoms with E-state index in [2.05, 4.69) is 15.9 Å². The van der Waals surface area contributed by atoms with Gasteiger partial charge in [-0.25, -0.2) is 9.59 Å². The summed E-state index contributed by atoms with van der Waals surface area (Å²) < 4.78 is 6.36. The van der Waals surface area contributed by atoms with Gasteiger partial charge in [0.05, 0.1) is 0 Å². The third-order valence-electron chi connectivity index (χ3n) is 4.85. The molecule has 0 radical (unpaired) electrons. The van der Waals surface area contributed by atoms with Crippen LogP contribution in [-0.4, -0.2) is 60.2 Å². The van der Waals surface area contributed by atoms with Crippen LogP contribution in [0.15, 0.2) is 28.7 Å². The van der Waals surface area contributed by atoms with Crippen molar-refractivity contribution in [3.8, 4) is 0 Å². The van der Waals surface area contributed by atoms with Gasteiger partial charge >= 0.3 is 12.1 Å².